The van der Waals surface area contributed by atoms with Gasteiger partial charge in [-0.05, 0) is 18.6 Å². The number of hydrogen-bond acceptors (Lipinski definition) is 8. The van der Waals surface area contributed by atoms with Gasteiger partial charge in [-0.1, -0.05) is 12.1 Å². The van der Waals surface area contributed by atoms with Crippen molar-refractivity contribution in [3.8, 4) is 0 Å². The van der Waals surface area contributed by atoms with E-state index in [1.807, 2.05) is 10.6 Å². The van der Waals surface area contributed by atoms with Gasteiger partial charge in [0.05, 0.1) is 24.9 Å². The molecule has 144 valence electrons. The zero-order valence-corrected chi connectivity index (χ0v) is 14.9. The first-order valence-electron chi connectivity index (χ1n) is 8.79. The quantitative estimate of drug-likeness (QED) is 0.374. The van der Waals surface area contributed by atoms with Crippen molar-refractivity contribution in [1.29, 1.82) is 0 Å². The van der Waals surface area contributed by atoms with Crippen LogP contribution >= 0.6 is 0 Å². The number of aromatic nitrogens is 5. The van der Waals surface area contributed by atoms with E-state index in [1.54, 1.807) is 24.5 Å². The van der Waals surface area contributed by atoms with Gasteiger partial charge in [0, 0.05) is 13.1 Å². The van der Waals surface area contributed by atoms with Gasteiger partial charge in [-0.25, -0.2) is 19.7 Å². The summed E-state index contributed by atoms with van der Waals surface area (Å²) in [5.74, 6) is -0.529. The number of hydrogen-bond donors (Lipinski definition) is 1. The zero-order chi connectivity index (χ0) is 19.5. The fraction of sp³-hybridized carbons (Fsp3) is 0.278. The van der Waals surface area contributed by atoms with Crippen molar-refractivity contribution in [2.45, 2.75) is 25.9 Å². The van der Waals surface area contributed by atoms with E-state index < -0.39 is 5.76 Å². The highest BCUT2D eigenvalue weighted by Crippen LogP contribution is 2.14. The van der Waals surface area contributed by atoms with Crippen molar-refractivity contribution in [2.24, 2.45) is 0 Å². The molecule has 28 heavy (non-hydrogen) atoms. The molecule has 0 bridgehead atoms. The third-order valence-electron chi connectivity index (χ3n) is 4.35. The van der Waals surface area contributed by atoms with Crippen LogP contribution in [-0.2, 0) is 22.6 Å². The molecule has 0 aliphatic rings. The molecular weight excluding hydrogens is 364 g/mol. The van der Waals surface area contributed by atoms with Gasteiger partial charge < -0.3 is 19.5 Å². The van der Waals surface area contributed by atoms with E-state index in [1.165, 1.54) is 10.9 Å². The SMILES string of the molecule is Nc1ncnc2c1ncn2CCCOC(=O)CCn1c(=O)oc2ccccc21. The fourth-order valence-electron chi connectivity index (χ4n) is 2.98. The second kappa shape index (κ2) is 7.51. The van der Waals surface area contributed by atoms with Crippen LogP contribution in [0.5, 0.6) is 0 Å². The van der Waals surface area contributed by atoms with E-state index in [-0.39, 0.29) is 25.5 Å². The molecule has 0 radical (unpaired) electrons. The van der Waals surface area contributed by atoms with Crippen molar-refractivity contribution in [3.63, 3.8) is 0 Å². The van der Waals surface area contributed by atoms with Gasteiger partial charge >= 0.3 is 11.7 Å². The molecule has 10 heteroatoms. The molecule has 3 heterocycles. The summed E-state index contributed by atoms with van der Waals surface area (Å²) in [6.07, 6.45) is 3.70. The molecule has 4 rings (SSSR count). The van der Waals surface area contributed by atoms with Crippen molar-refractivity contribution >= 4 is 34.1 Å². The minimum absolute atomic E-state index is 0.0845. The van der Waals surface area contributed by atoms with Crippen LogP contribution in [0.15, 0.2) is 46.1 Å². The smallest absolute Gasteiger partial charge is 0.419 e. The van der Waals surface area contributed by atoms with Gasteiger partial charge in [-0.2, -0.15) is 0 Å². The molecule has 0 saturated carbocycles. The van der Waals surface area contributed by atoms with E-state index >= 15 is 0 Å². The molecule has 0 fully saturated rings. The lowest BCUT2D eigenvalue weighted by atomic mass is 10.3. The summed E-state index contributed by atoms with van der Waals surface area (Å²) < 4.78 is 13.7. The lowest BCUT2D eigenvalue weighted by molar-refractivity contribution is -0.144. The van der Waals surface area contributed by atoms with E-state index in [4.69, 9.17) is 14.9 Å². The van der Waals surface area contributed by atoms with Crippen LogP contribution in [0.4, 0.5) is 5.82 Å². The summed E-state index contributed by atoms with van der Waals surface area (Å²) in [5, 5.41) is 0. The summed E-state index contributed by atoms with van der Waals surface area (Å²) in [4.78, 5) is 36.1. The summed E-state index contributed by atoms with van der Waals surface area (Å²) in [5.41, 5.74) is 8.11. The molecule has 10 nitrogen and oxygen atoms in total. The van der Waals surface area contributed by atoms with Crippen LogP contribution < -0.4 is 11.5 Å². The number of anilines is 1. The number of carbonyl (C=O) groups excluding carboxylic acids is 1. The van der Waals surface area contributed by atoms with Crippen LogP contribution in [0.1, 0.15) is 12.8 Å². The second-order valence-electron chi connectivity index (χ2n) is 6.18. The highest BCUT2D eigenvalue weighted by molar-refractivity contribution is 5.81. The summed E-state index contributed by atoms with van der Waals surface area (Å²) in [7, 11) is 0. The number of nitrogen functional groups attached to an aromatic ring is 1. The lowest BCUT2D eigenvalue weighted by Crippen LogP contribution is -2.18. The first-order chi connectivity index (χ1) is 13.6. The molecule has 0 saturated heterocycles. The third kappa shape index (κ3) is 3.43. The van der Waals surface area contributed by atoms with Crippen LogP contribution in [0.2, 0.25) is 0 Å². The average Bonchev–Trinajstić information content (AvgIpc) is 3.25. The Morgan fingerprint density at radius 1 is 1.18 bits per heavy atom. The second-order valence-corrected chi connectivity index (χ2v) is 6.18. The van der Waals surface area contributed by atoms with E-state index in [0.717, 1.165) is 0 Å². The Kier molecular flexibility index (Phi) is 4.75. The Bertz CT molecular complexity index is 1190. The number of benzene rings is 1. The normalized spacial score (nSPS) is 11.3. The molecule has 0 aliphatic heterocycles. The maximum Gasteiger partial charge on any atom is 0.419 e. The van der Waals surface area contributed by atoms with Gasteiger partial charge in [-0.15, -0.1) is 0 Å². The number of para-hydroxylation sites is 2. The largest absolute Gasteiger partial charge is 0.466 e. The fourth-order valence-corrected chi connectivity index (χ4v) is 2.98. The summed E-state index contributed by atoms with van der Waals surface area (Å²) in [6, 6.07) is 7.08. The highest BCUT2D eigenvalue weighted by Gasteiger charge is 2.11. The number of carbonyl (C=O) groups is 1. The van der Waals surface area contributed by atoms with Gasteiger partial charge in [0.1, 0.15) is 11.8 Å². The predicted molar refractivity (Wildman–Crippen MR) is 100 cm³/mol. The Morgan fingerprint density at radius 3 is 2.93 bits per heavy atom. The predicted octanol–water partition coefficient (Wildman–Crippen LogP) is 1.34. The van der Waals surface area contributed by atoms with Crippen molar-refractivity contribution < 1.29 is 13.9 Å². The van der Waals surface area contributed by atoms with Crippen LogP contribution in [0.3, 0.4) is 0 Å². The molecule has 4 aromatic rings. The maximum atomic E-state index is 12.0. The Balaban J connectivity index is 1.27. The average molecular weight is 382 g/mol. The first kappa shape index (κ1) is 17.7. The number of nitrogens with two attached hydrogens (primary N) is 1. The molecule has 1 aromatic carbocycles. The number of ether oxygens (including phenoxy) is 1. The maximum absolute atomic E-state index is 12.0. The molecule has 2 N–H and O–H groups in total. The molecule has 0 unspecified atom stereocenters. The van der Waals surface area contributed by atoms with Gasteiger partial charge in [0.25, 0.3) is 0 Å². The van der Waals surface area contributed by atoms with E-state index in [9.17, 15) is 9.59 Å². The third-order valence-corrected chi connectivity index (χ3v) is 4.35. The van der Waals surface area contributed by atoms with Crippen LogP contribution in [0, 0.1) is 0 Å². The molecule has 0 aliphatic carbocycles. The summed E-state index contributed by atoms with van der Waals surface area (Å²) >= 11 is 0. The lowest BCUT2D eigenvalue weighted by Gasteiger charge is -2.06. The number of rotatable bonds is 7. The number of imidazole rings is 1. The van der Waals surface area contributed by atoms with Crippen LogP contribution in [-0.4, -0.2) is 36.7 Å². The number of oxazole rings is 1. The molecule has 0 spiro atoms. The standard InChI is InChI=1S/C18H18N6O4/c19-16-15-17(21-10-20-16)23(11-22-15)7-3-9-27-14(25)6-8-24-12-4-1-2-5-13(12)28-18(24)26/h1-2,4-5,10-11H,3,6-9H2,(H2,19,20,21). The minimum atomic E-state index is -0.484. The monoisotopic (exact) mass is 382 g/mol. The minimum Gasteiger partial charge on any atom is -0.466 e. The van der Waals surface area contributed by atoms with Crippen LogP contribution in [0.25, 0.3) is 22.3 Å². The number of fused-ring (bicyclic) bond motifs is 2. The first-order valence-corrected chi connectivity index (χ1v) is 8.79. The van der Waals surface area contributed by atoms with Gasteiger partial charge in [-0.3, -0.25) is 9.36 Å². The number of esters is 1. The molecule has 0 atom stereocenters. The zero-order valence-electron chi connectivity index (χ0n) is 14.9. The van der Waals surface area contributed by atoms with Gasteiger partial charge in [0.15, 0.2) is 17.0 Å². The van der Waals surface area contributed by atoms with Gasteiger partial charge in [0.2, 0.25) is 0 Å². The van der Waals surface area contributed by atoms with Crippen molar-refractivity contribution in [2.75, 3.05) is 12.3 Å². The molecule has 3 aromatic heterocycles. The topological polar surface area (TPSA) is 131 Å². The Labute approximate surface area is 158 Å². The molecule has 0 amide bonds. The van der Waals surface area contributed by atoms with E-state index in [2.05, 4.69) is 15.0 Å². The Morgan fingerprint density at radius 2 is 2.04 bits per heavy atom. The number of nitrogens with zero attached hydrogens (tertiary/aromatic N) is 5. The van der Waals surface area contributed by atoms with E-state index in [0.29, 0.717) is 41.0 Å². The molecular formula is C18H18N6O4. The summed E-state index contributed by atoms with van der Waals surface area (Å²) in [6.45, 7) is 1.03. The highest BCUT2D eigenvalue weighted by atomic mass is 16.5. The van der Waals surface area contributed by atoms with Crippen molar-refractivity contribution in [1.82, 2.24) is 24.1 Å². The number of aryl methyl sites for hydroxylation is 2. The Hall–Kier alpha value is -3.69. The van der Waals surface area contributed by atoms with Crippen molar-refractivity contribution in [3.05, 3.63) is 47.5 Å².